The van der Waals surface area contributed by atoms with Gasteiger partial charge in [0.1, 0.15) is 6.26 Å². The maximum atomic E-state index is 5.06. The highest BCUT2D eigenvalue weighted by Gasteiger charge is 2.08. The van der Waals surface area contributed by atoms with Gasteiger partial charge in [0, 0.05) is 11.1 Å². The summed E-state index contributed by atoms with van der Waals surface area (Å²) in [5, 5.41) is 0. The minimum atomic E-state index is 0.729. The lowest BCUT2D eigenvalue weighted by atomic mass is 10.2. The fraction of sp³-hybridized carbons (Fsp3) is 0.111. The SMILES string of the molecule is COc1cocc2cc[c]c1-2. The molecular formula is C9H7O2. The number of fused-ring (bicyclic) bond motifs is 1. The minimum absolute atomic E-state index is 0.729. The van der Waals surface area contributed by atoms with Gasteiger partial charge in [-0.2, -0.15) is 0 Å². The first kappa shape index (κ1) is 6.28. The van der Waals surface area contributed by atoms with Crippen molar-refractivity contribution in [1.29, 1.82) is 0 Å². The second-order valence-corrected chi connectivity index (χ2v) is 2.25. The molecule has 0 bridgehead atoms. The summed E-state index contributed by atoms with van der Waals surface area (Å²) < 4.78 is 10.1. The molecule has 1 heterocycles. The Hall–Kier alpha value is -1.44. The van der Waals surface area contributed by atoms with Crippen LogP contribution >= 0.6 is 0 Å². The van der Waals surface area contributed by atoms with Gasteiger partial charge in [0.25, 0.3) is 0 Å². The summed E-state index contributed by atoms with van der Waals surface area (Å²) in [7, 11) is 1.62. The molecule has 0 aromatic heterocycles. The van der Waals surface area contributed by atoms with E-state index >= 15 is 0 Å². The van der Waals surface area contributed by atoms with Gasteiger partial charge in [-0.1, -0.05) is 12.1 Å². The maximum Gasteiger partial charge on any atom is 0.162 e. The van der Waals surface area contributed by atoms with E-state index in [0.29, 0.717) is 0 Å². The zero-order valence-electron chi connectivity index (χ0n) is 6.13. The van der Waals surface area contributed by atoms with E-state index in [1.807, 2.05) is 12.1 Å². The third-order valence-electron chi connectivity index (χ3n) is 1.62. The van der Waals surface area contributed by atoms with Crippen molar-refractivity contribution in [2.75, 3.05) is 7.11 Å². The van der Waals surface area contributed by atoms with Gasteiger partial charge in [-0.05, 0) is 6.07 Å². The molecule has 1 radical (unpaired) electrons. The van der Waals surface area contributed by atoms with Crippen LogP contribution < -0.4 is 4.74 Å². The number of rotatable bonds is 1. The fourth-order valence-electron chi connectivity index (χ4n) is 1.07. The average molecular weight is 147 g/mol. The molecule has 2 rings (SSSR count). The zero-order valence-corrected chi connectivity index (χ0v) is 6.13. The lowest BCUT2D eigenvalue weighted by molar-refractivity contribution is 0.393. The second-order valence-electron chi connectivity index (χ2n) is 2.25. The van der Waals surface area contributed by atoms with E-state index in [0.717, 1.165) is 16.9 Å². The van der Waals surface area contributed by atoms with E-state index in [4.69, 9.17) is 9.15 Å². The zero-order chi connectivity index (χ0) is 7.68. The molecule has 0 spiro atoms. The van der Waals surface area contributed by atoms with E-state index in [1.165, 1.54) is 0 Å². The van der Waals surface area contributed by atoms with Crippen molar-refractivity contribution < 1.29 is 9.15 Å². The topological polar surface area (TPSA) is 22.4 Å². The van der Waals surface area contributed by atoms with Crippen LogP contribution in [0, 0.1) is 6.07 Å². The van der Waals surface area contributed by atoms with E-state index in [-0.39, 0.29) is 0 Å². The molecule has 0 amide bonds. The normalized spacial score (nSPS) is 10.3. The fourth-order valence-corrected chi connectivity index (χ4v) is 1.07. The molecule has 0 atom stereocenters. The van der Waals surface area contributed by atoms with Crippen LogP contribution in [0.15, 0.2) is 29.1 Å². The molecular weight excluding hydrogens is 140 g/mol. The van der Waals surface area contributed by atoms with Crippen LogP contribution in [0.1, 0.15) is 0 Å². The van der Waals surface area contributed by atoms with Gasteiger partial charge in [-0.25, -0.2) is 0 Å². The molecule has 2 heteroatoms. The molecule has 2 aliphatic rings. The summed E-state index contributed by atoms with van der Waals surface area (Å²) in [6.45, 7) is 0. The van der Waals surface area contributed by atoms with Gasteiger partial charge >= 0.3 is 0 Å². The second kappa shape index (κ2) is 2.31. The molecule has 1 aliphatic heterocycles. The van der Waals surface area contributed by atoms with Crippen LogP contribution in [0.25, 0.3) is 11.1 Å². The van der Waals surface area contributed by atoms with Crippen molar-refractivity contribution in [2.24, 2.45) is 0 Å². The summed E-state index contributed by atoms with van der Waals surface area (Å²) in [5.74, 6) is 0.729. The number of hydrogen-bond donors (Lipinski definition) is 0. The van der Waals surface area contributed by atoms with Crippen LogP contribution in [0.3, 0.4) is 0 Å². The highest BCUT2D eigenvalue weighted by molar-refractivity contribution is 5.70. The summed E-state index contributed by atoms with van der Waals surface area (Å²) in [5.41, 5.74) is 1.99. The molecule has 0 saturated heterocycles. The van der Waals surface area contributed by atoms with Gasteiger partial charge in [0.2, 0.25) is 0 Å². The Labute approximate surface area is 64.7 Å². The summed E-state index contributed by atoms with van der Waals surface area (Å²) in [6, 6.07) is 6.84. The molecule has 0 aromatic carbocycles. The molecule has 0 unspecified atom stereocenters. The van der Waals surface area contributed by atoms with Crippen LogP contribution in [0.4, 0.5) is 0 Å². The molecule has 0 saturated carbocycles. The Kier molecular flexibility index (Phi) is 1.32. The molecule has 2 nitrogen and oxygen atoms in total. The summed E-state index contributed by atoms with van der Waals surface area (Å²) in [4.78, 5) is 0. The van der Waals surface area contributed by atoms with Crippen molar-refractivity contribution in [3.8, 4) is 16.9 Å². The summed E-state index contributed by atoms with van der Waals surface area (Å²) >= 11 is 0. The highest BCUT2D eigenvalue weighted by Crippen LogP contribution is 2.31. The van der Waals surface area contributed by atoms with Gasteiger partial charge in [0.15, 0.2) is 5.75 Å². The predicted molar refractivity (Wildman–Crippen MR) is 40.7 cm³/mol. The third kappa shape index (κ3) is 0.871. The number of methoxy groups -OCH3 is 1. The molecule has 0 N–H and O–H groups in total. The monoisotopic (exact) mass is 147 g/mol. The van der Waals surface area contributed by atoms with Crippen molar-refractivity contribution in [3.05, 3.63) is 30.7 Å². The van der Waals surface area contributed by atoms with Gasteiger partial charge in [-0.15, -0.1) is 0 Å². The molecule has 1 aliphatic carbocycles. The molecule has 0 aromatic rings. The Morgan fingerprint density at radius 2 is 2.36 bits per heavy atom. The van der Waals surface area contributed by atoms with Crippen LogP contribution in [-0.2, 0) is 0 Å². The van der Waals surface area contributed by atoms with E-state index in [9.17, 15) is 0 Å². The van der Waals surface area contributed by atoms with Crippen molar-refractivity contribution in [2.45, 2.75) is 0 Å². The summed E-state index contributed by atoms with van der Waals surface area (Å²) in [6.07, 6.45) is 3.24. The third-order valence-corrected chi connectivity index (χ3v) is 1.62. The highest BCUT2D eigenvalue weighted by atomic mass is 16.5. The molecule has 0 fully saturated rings. The van der Waals surface area contributed by atoms with Crippen molar-refractivity contribution >= 4 is 0 Å². The van der Waals surface area contributed by atoms with E-state index in [1.54, 1.807) is 19.6 Å². The Morgan fingerprint density at radius 1 is 1.45 bits per heavy atom. The lowest BCUT2D eigenvalue weighted by Crippen LogP contribution is -1.84. The Balaban J connectivity index is 2.66. The van der Waals surface area contributed by atoms with Gasteiger partial charge in [0.05, 0.1) is 13.4 Å². The smallest absolute Gasteiger partial charge is 0.162 e. The maximum absolute atomic E-state index is 5.06. The van der Waals surface area contributed by atoms with Crippen molar-refractivity contribution in [3.63, 3.8) is 0 Å². The molecule has 55 valence electrons. The number of ether oxygens (including phenoxy) is 1. The molecule has 11 heavy (non-hydrogen) atoms. The van der Waals surface area contributed by atoms with E-state index in [2.05, 4.69) is 6.07 Å². The Morgan fingerprint density at radius 3 is 3.18 bits per heavy atom. The van der Waals surface area contributed by atoms with E-state index < -0.39 is 0 Å². The van der Waals surface area contributed by atoms with Crippen LogP contribution in [-0.4, -0.2) is 7.11 Å². The van der Waals surface area contributed by atoms with Crippen LogP contribution in [0.2, 0.25) is 0 Å². The lowest BCUT2D eigenvalue weighted by Gasteiger charge is -2.03. The quantitative estimate of drug-likeness (QED) is 0.616. The largest absolute Gasteiger partial charge is 0.493 e. The van der Waals surface area contributed by atoms with Gasteiger partial charge in [-0.3, -0.25) is 0 Å². The van der Waals surface area contributed by atoms with Crippen LogP contribution in [0.5, 0.6) is 5.75 Å². The Bertz CT molecular complexity index is 324. The average Bonchev–Trinajstić information content (AvgIpc) is 2.50. The number of hydrogen-bond acceptors (Lipinski definition) is 2. The first-order valence-electron chi connectivity index (χ1n) is 3.32. The predicted octanol–water partition coefficient (Wildman–Crippen LogP) is 2.19. The minimum Gasteiger partial charge on any atom is -0.493 e. The van der Waals surface area contributed by atoms with Gasteiger partial charge < -0.3 is 9.15 Å². The standard InChI is InChI=1S/C9H7O2/c1-10-9-6-11-5-7-3-2-4-8(7)9/h2-3,5-6H,1H3. The first-order valence-corrected chi connectivity index (χ1v) is 3.32. The first-order chi connectivity index (χ1) is 5.42. The van der Waals surface area contributed by atoms with Crippen molar-refractivity contribution in [1.82, 2.24) is 0 Å².